The molecule has 2 nitrogen and oxygen atoms in total. The smallest absolute Gasteiger partial charge is 0.0915 e. The number of nitrogens with one attached hydrogen (secondary N) is 1. The number of hydrogen-bond donors (Lipinski definition) is 1. The van der Waals surface area contributed by atoms with Crippen LogP contribution in [0.3, 0.4) is 0 Å². The van der Waals surface area contributed by atoms with Crippen molar-refractivity contribution in [3.63, 3.8) is 0 Å². The summed E-state index contributed by atoms with van der Waals surface area (Å²) in [5.41, 5.74) is 1.56. The fraction of sp³-hybridized carbons (Fsp3) is 0.250. The summed E-state index contributed by atoms with van der Waals surface area (Å²) in [6.07, 6.45) is 0. The van der Waals surface area contributed by atoms with E-state index in [-0.39, 0.29) is 0 Å². The van der Waals surface area contributed by atoms with E-state index in [2.05, 4.69) is 27.0 Å². The molecule has 0 radical (unpaired) electrons. The van der Waals surface area contributed by atoms with Crippen molar-refractivity contribution in [2.24, 2.45) is 0 Å². The van der Waals surface area contributed by atoms with Gasteiger partial charge in [-0.1, -0.05) is 15.9 Å². The summed E-state index contributed by atoms with van der Waals surface area (Å²) >= 11 is 3.43. The van der Waals surface area contributed by atoms with Crippen molar-refractivity contribution in [3.05, 3.63) is 34.4 Å². The lowest BCUT2D eigenvalue weighted by Gasteiger charge is -2.11. The first-order valence-corrected chi connectivity index (χ1v) is 5.52. The second-order valence-corrected chi connectivity index (χ2v) is 5.07. The lowest BCUT2D eigenvalue weighted by molar-refractivity contribution is 0.667. The summed E-state index contributed by atoms with van der Waals surface area (Å²) in [4.78, 5) is 3.27. The molecule has 0 amide bonds. The Hall–Kier alpha value is -1.27. The third-order valence-electron chi connectivity index (χ3n) is 2.54. The lowest BCUT2D eigenvalue weighted by Crippen LogP contribution is -2.13. The normalized spacial score (nSPS) is 11.6. The summed E-state index contributed by atoms with van der Waals surface area (Å²) in [6, 6.07) is 10.4. The van der Waals surface area contributed by atoms with Gasteiger partial charge in [-0.15, -0.1) is 0 Å². The van der Waals surface area contributed by atoms with Crippen molar-refractivity contribution in [3.8, 4) is 6.07 Å². The number of nitriles is 1. The topological polar surface area (TPSA) is 39.6 Å². The van der Waals surface area contributed by atoms with E-state index in [9.17, 15) is 0 Å². The van der Waals surface area contributed by atoms with E-state index in [1.54, 1.807) is 0 Å². The second-order valence-electron chi connectivity index (χ2n) is 4.15. The quantitative estimate of drug-likeness (QED) is 0.836. The summed E-state index contributed by atoms with van der Waals surface area (Å²) in [5.74, 6) is 0. The number of H-pyrrole nitrogens is 1. The molecule has 0 unspecified atom stereocenters. The third kappa shape index (κ3) is 1.78. The molecule has 0 spiro atoms. The number of nitrogens with zero attached hydrogens (tertiary/aromatic N) is 1. The molecule has 1 N–H and O–H groups in total. The zero-order valence-corrected chi connectivity index (χ0v) is 10.2. The SMILES string of the molecule is CC(C)(C#N)c1cc2cc(Br)ccc2[nH]1. The molecule has 0 fully saturated rings. The minimum Gasteiger partial charge on any atom is -0.357 e. The van der Waals surface area contributed by atoms with Crippen LogP contribution in [0, 0.1) is 11.3 Å². The second kappa shape index (κ2) is 3.39. The highest BCUT2D eigenvalue weighted by atomic mass is 79.9. The summed E-state index contributed by atoms with van der Waals surface area (Å²) < 4.78 is 1.05. The highest BCUT2D eigenvalue weighted by Gasteiger charge is 2.21. The van der Waals surface area contributed by atoms with Gasteiger partial charge < -0.3 is 4.98 Å². The highest BCUT2D eigenvalue weighted by molar-refractivity contribution is 9.10. The Kier molecular flexibility index (Phi) is 2.32. The van der Waals surface area contributed by atoms with Crippen LogP contribution in [0.5, 0.6) is 0 Å². The van der Waals surface area contributed by atoms with Crippen LogP contribution in [0.4, 0.5) is 0 Å². The predicted octanol–water partition coefficient (Wildman–Crippen LogP) is 3.73. The van der Waals surface area contributed by atoms with E-state index >= 15 is 0 Å². The van der Waals surface area contributed by atoms with Crippen LogP contribution in [0.25, 0.3) is 10.9 Å². The van der Waals surface area contributed by atoms with Gasteiger partial charge in [-0.3, -0.25) is 0 Å². The van der Waals surface area contributed by atoms with E-state index in [1.807, 2.05) is 38.1 Å². The average molecular weight is 263 g/mol. The van der Waals surface area contributed by atoms with Gasteiger partial charge in [-0.2, -0.15) is 5.26 Å². The zero-order chi connectivity index (χ0) is 11.1. The number of aromatic nitrogens is 1. The molecular weight excluding hydrogens is 252 g/mol. The van der Waals surface area contributed by atoms with Gasteiger partial charge in [0, 0.05) is 21.1 Å². The van der Waals surface area contributed by atoms with Gasteiger partial charge in [0.1, 0.15) is 0 Å². The summed E-state index contributed by atoms with van der Waals surface area (Å²) in [5, 5.41) is 10.2. The molecule has 15 heavy (non-hydrogen) atoms. The molecule has 0 aliphatic rings. The van der Waals surface area contributed by atoms with E-state index in [1.165, 1.54) is 0 Å². The molecule has 0 saturated heterocycles. The van der Waals surface area contributed by atoms with Crippen LogP contribution in [-0.4, -0.2) is 4.98 Å². The van der Waals surface area contributed by atoms with Gasteiger partial charge in [0.05, 0.1) is 11.5 Å². The lowest BCUT2D eigenvalue weighted by atomic mass is 9.91. The number of benzene rings is 1. The summed E-state index contributed by atoms with van der Waals surface area (Å²) in [7, 11) is 0. The Morgan fingerprint density at radius 2 is 2.07 bits per heavy atom. The van der Waals surface area contributed by atoms with Crippen molar-refractivity contribution in [2.45, 2.75) is 19.3 Å². The molecule has 0 saturated carbocycles. The molecule has 2 rings (SSSR count). The molecule has 2 aromatic rings. The van der Waals surface area contributed by atoms with Crippen molar-refractivity contribution in [1.29, 1.82) is 5.26 Å². The standard InChI is InChI=1S/C12H11BrN2/c1-12(2,7-14)11-6-8-5-9(13)3-4-10(8)15-11/h3-6,15H,1-2H3. The van der Waals surface area contributed by atoms with Gasteiger partial charge in [0.2, 0.25) is 0 Å². The first-order valence-electron chi connectivity index (χ1n) is 4.73. The van der Waals surface area contributed by atoms with Crippen molar-refractivity contribution in [1.82, 2.24) is 4.98 Å². The Balaban J connectivity index is 2.63. The van der Waals surface area contributed by atoms with Crippen LogP contribution in [-0.2, 0) is 5.41 Å². The number of hydrogen-bond acceptors (Lipinski definition) is 1. The Labute approximate surface area is 97.0 Å². The van der Waals surface area contributed by atoms with Gasteiger partial charge in [0.25, 0.3) is 0 Å². The number of rotatable bonds is 1. The third-order valence-corrected chi connectivity index (χ3v) is 3.03. The fourth-order valence-electron chi connectivity index (χ4n) is 1.50. The molecule has 1 aromatic carbocycles. The molecular formula is C12H11BrN2. The molecule has 0 aliphatic carbocycles. The van der Waals surface area contributed by atoms with E-state index < -0.39 is 5.41 Å². The summed E-state index contributed by atoms with van der Waals surface area (Å²) in [6.45, 7) is 3.82. The van der Waals surface area contributed by atoms with Crippen molar-refractivity contribution < 1.29 is 0 Å². The van der Waals surface area contributed by atoms with Crippen molar-refractivity contribution >= 4 is 26.8 Å². The van der Waals surface area contributed by atoms with Gasteiger partial charge in [-0.25, -0.2) is 0 Å². The Bertz CT molecular complexity index is 546. The molecule has 0 atom stereocenters. The molecule has 1 heterocycles. The first kappa shape index (κ1) is 10.3. The monoisotopic (exact) mass is 262 g/mol. The molecule has 0 bridgehead atoms. The molecule has 76 valence electrons. The Morgan fingerprint density at radius 1 is 1.33 bits per heavy atom. The maximum Gasteiger partial charge on any atom is 0.0915 e. The maximum atomic E-state index is 9.05. The van der Waals surface area contributed by atoms with E-state index in [0.29, 0.717) is 0 Å². The average Bonchev–Trinajstić information content (AvgIpc) is 2.61. The van der Waals surface area contributed by atoms with E-state index in [4.69, 9.17) is 5.26 Å². The first-order chi connectivity index (χ1) is 7.03. The van der Waals surface area contributed by atoms with Crippen LogP contribution in [0.1, 0.15) is 19.5 Å². The van der Waals surface area contributed by atoms with Gasteiger partial charge in [-0.05, 0) is 38.1 Å². The van der Waals surface area contributed by atoms with Gasteiger partial charge in [0.15, 0.2) is 0 Å². The van der Waals surface area contributed by atoms with Gasteiger partial charge >= 0.3 is 0 Å². The van der Waals surface area contributed by atoms with Crippen LogP contribution in [0.15, 0.2) is 28.7 Å². The van der Waals surface area contributed by atoms with Crippen molar-refractivity contribution in [2.75, 3.05) is 0 Å². The van der Waals surface area contributed by atoms with Crippen LogP contribution in [0.2, 0.25) is 0 Å². The Morgan fingerprint density at radius 3 is 2.73 bits per heavy atom. The molecule has 0 aliphatic heterocycles. The number of fused-ring (bicyclic) bond motifs is 1. The molecule has 3 heteroatoms. The number of aromatic amines is 1. The fourth-order valence-corrected chi connectivity index (χ4v) is 1.88. The van der Waals surface area contributed by atoms with Crippen LogP contribution >= 0.6 is 15.9 Å². The highest BCUT2D eigenvalue weighted by Crippen LogP contribution is 2.27. The minimum absolute atomic E-state index is 0.467. The van der Waals surface area contributed by atoms with Crippen LogP contribution < -0.4 is 0 Å². The maximum absolute atomic E-state index is 9.05. The predicted molar refractivity (Wildman–Crippen MR) is 64.6 cm³/mol. The largest absolute Gasteiger partial charge is 0.357 e. The zero-order valence-electron chi connectivity index (χ0n) is 8.63. The van der Waals surface area contributed by atoms with E-state index in [0.717, 1.165) is 21.1 Å². The minimum atomic E-state index is -0.467. The molecule has 1 aromatic heterocycles. The number of halogens is 1.